The molecule has 3 aromatic rings. The highest BCUT2D eigenvalue weighted by atomic mass is 79.9. The third kappa shape index (κ3) is 4.61. The molecule has 8 nitrogen and oxygen atoms in total. The van der Waals surface area contributed by atoms with E-state index in [9.17, 15) is 14.4 Å². The van der Waals surface area contributed by atoms with Crippen LogP contribution >= 0.6 is 15.9 Å². The van der Waals surface area contributed by atoms with E-state index in [0.29, 0.717) is 11.4 Å². The van der Waals surface area contributed by atoms with E-state index in [1.54, 1.807) is 24.3 Å². The average Bonchev–Trinajstić information content (AvgIpc) is 3.11. The molecule has 1 aromatic heterocycles. The van der Waals surface area contributed by atoms with Crippen molar-refractivity contribution in [1.82, 2.24) is 5.16 Å². The van der Waals surface area contributed by atoms with Crippen molar-refractivity contribution in [2.24, 2.45) is 5.16 Å². The lowest BCUT2D eigenvalue weighted by molar-refractivity contribution is 0.262. The number of nitrogens with one attached hydrogen (secondary N) is 3. The second-order valence-corrected chi connectivity index (χ2v) is 6.08. The van der Waals surface area contributed by atoms with Crippen LogP contribution in [0.25, 0.3) is 0 Å². The monoisotopic (exact) mass is 433 g/mol. The molecule has 4 N–H and O–H groups in total. The summed E-state index contributed by atoms with van der Waals surface area (Å²) in [6, 6.07) is 12.4. The molecule has 0 radical (unpaired) electrons. The first kappa shape index (κ1) is 18.4. The van der Waals surface area contributed by atoms with Crippen LogP contribution in [0.4, 0.5) is 26.4 Å². The second kappa shape index (κ2) is 8.32. The molecule has 2 aromatic carbocycles. The summed E-state index contributed by atoms with van der Waals surface area (Å²) in [4.78, 5) is 12.1. The van der Waals surface area contributed by atoms with Gasteiger partial charge in [-0.25, -0.2) is 9.18 Å². The number of amidine groups is 1. The van der Waals surface area contributed by atoms with Crippen LogP contribution in [-0.4, -0.2) is 22.2 Å². The number of benzene rings is 2. The van der Waals surface area contributed by atoms with Crippen LogP contribution in [-0.2, 0) is 0 Å². The third-order valence-corrected chi connectivity index (χ3v) is 3.98. The number of rotatable bonds is 4. The van der Waals surface area contributed by atoms with Crippen LogP contribution in [0.15, 0.2) is 68.9 Å². The van der Waals surface area contributed by atoms with E-state index in [0.717, 1.165) is 0 Å². The summed E-state index contributed by atoms with van der Waals surface area (Å²) in [6.45, 7) is 0. The Balaban J connectivity index is 1.74. The molecular weight excluding hydrogens is 421 g/mol. The molecule has 138 valence electrons. The molecule has 0 atom stereocenters. The molecule has 27 heavy (non-hydrogen) atoms. The molecule has 0 unspecified atom stereocenters. The van der Waals surface area contributed by atoms with Gasteiger partial charge in [0.1, 0.15) is 17.6 Å². The van der Waals surface area contributed by atoms with Gasteiger partial charge in [-0.1, -0.05) is 28.5 Å². The number of carbonyl (C=O) groups excluding carboxylic acids is 1. The number of anilines is 3. The fourth-order valence-electron chi connectivity index (χ4n) is 2.14. The number of oxime groups is 1. The Kier molecular flexibility index (Phi) is 5.67. The van der Waals surface area contributed by atoms with E-state index in [1.807, 2.05) is 6.07 Å². The van der Waals surface area contributed by atoms with Gasteiger partial charge in [0, 0.05) is 11.4 Å². The highest BCUT2D eigenvalue weighted by Crippen LogP contribution is 2.22. The fourth-order valence-corrected chi connectivity index (χ4v) is 2.52. The normalized spacial score (nSPS) is 11.1. The molecule has 0 bridgehead atoms. The molecule has 1 heterocycles. The lowest BCUT2D eigenvalue weighted by Gasteiger charge is -2.09. The largest absolute Gasteiger partial charge is 0.409 e. The summed E-state index contributed by atoms with van der Waals surface area (Å²) in [5.41, 5.74) is 1.23. The predicted molar refractivity (Wildman–Crippen MR) is 102 cm³/mol. The number of hydrogen-bond acceptors (Lipinski definition) is 5. The lowest BCUT2D eigenvalue weighted by atomic mass is 10.2. The van der Waals surface area contributed by atoms with Gasteiger partial charge in [0.25, 0.3) is 0 Å². The number of halogens is 2. The van der Waals surface area contributed by atoms with Gasteiger partial charge in [-0.2, -0.15) is 0 Å². The maximum absolute atomic E-state index is 13.3. The van der Waals surface area contributed by atoms with Gasteiger partial charge >= 0.3 is 6.03 Å². The Morgan fingerprint density at radius 3 is 2.59 bits per heavy atom. The maximum atomic E-state index is 13.3. The number of hydrogen-bond donors (Lipinski definition) is 4. The van der Waals surface area contributed by atoms with Crippen molar-refractivity contribution in [1.29, 1.82) is 0 Å². The van der Waals surface area contributed by atoms with E-state index in [1.165, 1.54) is 24.5 Å². The van der Waals surface area contributed by atoms with Crippen LogP contribution in [0.3, 0.4) is 0 Å². The molecule has 2 amide bonds. The van der Waals surface area contributed by atoms with Crippen LogP contribution in [0.5, 0.6) is 0 Å². The average molecular weight is 434 g/mol. The van der Waals surface area contributed by atoms with Crippen LogP contribution in [0.2, 0.25) is 0 Å². The summed E-state index contributed by atoms with van der Waals surface area (Å²) in [7, 11) is 0. The number of urea groups is 1. The zero-order valence-corrected chi connectivity index (χ0v) is 15.2. The van der Waals surface area contributed by atoms with Gasteiger partial charge in [-0.3, -0.25) is 5.32 Å². The highest BCUT2D eigenvalue weighted by Gasteiger charge is 2.18. The third-order valence-electron chi connectivity index (χ3n) is 3.37. The molecule has 0 spiro atoms. The Morgan fingerprint density at radius 1 is 1.11 bits per heavy atom. The van der Waals surface area contributed by atoms with E-state index in [4.69, 9.17) is 4.52 Å². The van der Waals surface area contributed by atoms with Gasteiger partial charge in [0.2, 0.25) is 0 Å². The van der Waals surface area contributed by atoms with Crippen LogP contribution < -0.4 is 16.0 Å². The van der Waals surface area contributed by atoms with Crippen molar-refractivity contribution in [3.63, 3.8) is 0 Å². The van der Waals surface area contributed by atoms with Crippen molar-refractivity contribution in [3.05, 3.63) is 70.6 Å². The van der Waals surface area contributed by atoms with E-state index < -0.39 is 11.8 Å². The molecule has 0 aliphatic carbocycles. The molecule has 0 saturated heterocycles. The molecule has 0 aliphatic rings. The zero-order valence-electron chi connectivity index (χ0n) is 13.6. The summed E-state index contributed by atoms with van der Waals surface area (Å²) >= 11 is 3.07. The van der Waals surface area contributed by atoms with Crippen molar-refractivity contribution in [3.8, 4) is 0 Å². The topological polar surface area (TPSA) is 112 Å². The molecule has 0 fully saturated rings. The minimum atomic E-state index is -0.557. The summed E-state index contributed by atoms with van der Waals surface area (Å²) in [5, 5.41) is 24.1. The zero-order chi connectivity index (χ0) is 19.2. The van der Waals surface area contributed by atoms with Crippen molar-refractivity contribution < 1.29 is 18.9 Å². The Hall–Kier alpha value is -3.40. The van der Waals surface area contributed by atoms with Crippen molar-refractivity contribution >= 4 is 45.0 Å². The minimum Gasteiger partial charge on any atom is -0.409 e. The predicted octanol–water partition coefficient (Wildman–Crippen LogP) is 4.47. The number of aromatic nitrogens is 1. The molecule has 0 saturated carbocycles. The molecular formula is C17H13BrFN5O3. The lowest BCUT2D eigenvalue weighted by Crippen LogP contribution is -2.22. The maximum Gasteiger partial charge on any atom is 0.324 e. The van der Waals surface area contributed by atoms with Gasteiger partial charge in [0.15, 0.2) is 11.7 Å². The summed E-state index contributed by atoms with van der Waals surface area (Å²) < 4.78 is 18.4. The summed E-state index contributed by atoms with van der Waals surface area (Å²) in [5.74, 6) is -0.456. The number of para-hydroxylation sites is 1. The van der Waals surface area contributed by atoms with Gasteiger partial charge < -0.3 is 20.4 Å². The van der Waals surface area contributed by atoms with E-state index in [-0.39, 0.29) is 21.7 Å². The van der Waals surface area contributed by atoms with E-state index >= 15 is 0 Å². The standard InChI is InChI=1S/C17H13BrFN5O3/c18-13-8-11(6-7-14(13)19)20-15(23-26)12-9-27-24-16(12)22-17(25)21-10-4-2-1-3-5-10/h1-9,26H,(H,20,23)(H2,21,22,24,25). The van der Waals surface area contributed by atoms with Crippen LogP contribution in [0, 0.1) is 5.82 Å². The number of amides is 2. The first-order chi connectivity index (χ1) is 13.1. The first-order valence-electron chi connectivity index (χ1n) is 7.58. The number of nitrogens with zero attached hydrogens (tertiary/aromatic N) is 2. The van der Waals surface area contributed by atoms with Gasteiger partial charge in [0.05, 0.1) is 4.47 Å². The quantitative estimate of drug-likeness (QED) is 0.210. The smallest absolute Gasteiger partial charge is 0.324 e. The summed E-state index contributed by atoms with van der Waals surface area (Å²) in [6.07, 6.45) is 1.19. The first-order valence-corrected chi connectivity index (χ1v) is 8.38. The van der Waals surface area contributed by atoms with Gasteiger partial charge in [-0.05, 0) is 46.3 Å². The van der Waals surface area contributed by atoms with E-state index in [2.05, 4.69) is 42.2 Å². The van der Waals surface area contributed by atoms with Crippen LogP contribution in [0.1, 0.15) is 5.56 Å². The number of carbonyl (C=O) groups is 1. The Labute approximate surface area is 161 Å². The Bertz CT molecular complexity index is 978. The highest BCUT2D eigenvalue weighted by molar-refractivity contribution is 9.10. The fraction of sp³-hybridized carbons (Fsp3) is 0. The Morgan fingerprint density at radius 2 is 1.89 bits per heavy atom. The molecule has 10 heteroatoms. The minimum absolute atomic E-state index is 0.0323. The molecule has 3 rings (SSSR count). The van der Waals surface area contributed by atoms with Gasteiger partial charge in [-0.15, -0.1) is 0 Å². The molecule has 0 aliphatic heterocycles. The van der Waals surface area contributed by atoms with Crippen molar-refractivity contribution in [2.75, 3.05) is 16.0 Å². The second-order valence-electron chi connectivity index (χ2n) is 5.22. The SMILES string of the molecule is O=C(Nc1ccccc1)Nc1nocc1/C(=N/O)Nc1ccc(F)c(Br)c1. The van der Waals surface area contributed by atoms with Crippen molar-refractivity contribution in [2.45, 2.75) is 0 Å².